The molecule has 1 heterocycles. The van der Waals surface area contributed by atoms with Crippen LogP contribution in [-0.2, 0) is 6.54 Å². The largest absolute Gasteiger partial charge is 0.315 e. The van der Waals surface area contributed by atoms with Crippen LogP contribution in [0.5, 0.6) is 0 Å². The monoisotopic (exact) mass is 232 g/mol. The van der Waals surface area contributed by atoms with E-state index in [-0.39, 0.29) is 0 Å². The van der Waals surface area contributed by atoms with Crippen LogP contribution in [0.25, 0.3) is 0 Å². The number of nitrogens with one attached hydrogen (secondary N) is 1. The van der Waals surface area contributed by atoms with Crippen molar-refractivity contribution in [2.45, 2.75) is 39.8 Å². The Labute approximate surface area is 105 Å². The summed E-state index contributed by atoms with van der Waals surface area (Å²) in [6, 6.07) is 5.24. The molecule has 1 unspecified atom stereocenters. The maximum atomic E-state index is 3.43. The zero-order valence-corrected chi connectivity index (χ0v) is 11.5. The van der Waals surface area contributed by atoms with E-state index in [1.807, 2.05) is 0 Å². The quantitative estimate of drug-likeness (QED) is 0.861. The van der Waals surface area contributed by atoms with E-state index in [0.717, 1.165) is 13.1 Å². The molecule has 2 nitrogen and oxygen atoms in total. The molecule has 1 aliphatic heterocycles. The van der Waals surface area contributed by atoms with Gasteiger partial charge in [-0.25, -0.2) is 0 Å². The molecule has 1 fully saturated rings. The van der Waals surface area contributed by atoms with Gasteiger partial charge in [0.05, 0.1) is 0 Å². The minimum atomic E-state index is 0.705. The van der Waals surface area contributed by atoms with Crippen LogP contribution in [0.4, 0.5) is 0 Å². The second-order valence-corrected chi connectivity index (χ2v) is 5.35. The second-order valence-electron chi connectivity index (χ2n) is 5.35. The maximum Gasteiger partial charge on any atom is 0.0236 e. The summed E-state index contributed by atoms with van der Waals surface area (Å²) in [6.45, 7) is 10.0. The highest BCUT2D eigenvalue weighted by Gasteiger charge is 2.19. The van der Waals surface area contributed by atoms with Crippen molar-refractivity contribution in [1.29, 1.82) is 0 Å². The fraction of sp³-hybridized carbons (Fsp3) is 0.600. The number of hydrogen-bond acceptors (Lipinski definition) is 2. The number of hydrogen-bond donors (Lipinski definition) is 1. The van der Waals surface area contributed by atoms with E-state index in [1.54, 1.807) is 0 Å². The number of aryl methyl sites for hydroxylation is 1. The van der Waals surface area contributed by atoms with Crippen LogP contribution < -0.4 is 5.32 Å². The van der Waals surface area contributed by atoms with E-state index >= 15 is 0 Å². The molecule has 17 heavy (non-hydrogen) atoms. The summed E-state index contributed by atoms with van der Waals surface area (Å²) >= 11 is 0. The topological polar surface area (TPSA) is 15.3 Å². The fourth-order valence-electron chi connectivity index (χ4n) is 2.60. The van der Waals surface area contributed by atoms with Crippen molar-refractivity contribution in [3.63, 3.8) is 0 Å². The van der Waals surface area contributed by atoms with Gasteiger partial charge in [0.1, 0.15) is 0 Å². The lowest BCUT2D eigenvalue weighted by Crippen LogP contribution is -2.33. The van der Waals surface area contributed by atoms with Crippen LogP contribution in [0.15, 0.2) is 12.1 Å². The number of rotatable bonds is 3. The first-order valence-electron chi connectivity index (χ1n) is 6.56. The number of likely N-dealkylation sites (N-methyl/N-ethyl adjacent to an activating group) is 1. The zero-order valence-electron chi connectivity index (χ0n) is 11.5. The predicted octanol–water partition coefficient (Wildman–Crippen LogP) is 2.41. The van der Waals surface area contributed by atoms with Crippen molar-refractivity contribution in [1.82, 2.24) is 10.2 Å². The van der Waals surface area contributed by atoms with Crippen LogP contribution in [0.3, 0.4) is 0 Å². The lowest BCUT2D eigenvalue weighted by Gasteiger charge is -2.25. The number of benzene rings is 1. The van der Waals surface area contributed by atoms with Gasteiger partial charge in [-0.05, 0) is 63.0 Å². The molecule has 0 spiro atoms. The predicted molar refractivity (Wildman–Crippen MR) is 73.4 cm³/mol. The van der Waals surface area contributed by atoms with E-state index < -0.39 is 0 Å². The van der Waals surface area contributed by atoms with Crippen LogP contribution in [0.1, 0.15) is 28.7 Å². The molecule has 0 radical (unpaired) electrons. The van der Waals surface area contributed by atoms with Gasteiger partial charge in [0.25, 0.3) is 0 Å². The Morgan fingerprint density at radius 2 is 2.00 bits per heavy atom. The Bertz CT molecular complexity index is 392. The van der Waals surface area contributed by atoms with Gasteiger partial charge in [0.2, 0.25) is 0 Å². The third-order valence-corrected chi connectivity index (χ3v) is 4.25. The molecule has 1 saturated heterocycles. The van der Waals surface area contributed by atoms with E-state index in [0.29, 0.717) is 6.04 Å². The van der Waals surface area contributed by atoms with Crippen molar-refractivity contribution in [3.8, 4) is 0 Å². The fourth-order valence-corrected chi connectivity index (χ4v) is 2.60. The molecule has 2 heteroatoms. The Balaban J connectivity index is 2.10. The molecule has 0 bridgehead atoms. The van der Waals surface area contributed by atoms with Gasteiger partial charge in [-0.1, -0.05) is 12.1 Å². The molecule has 94 valence electrons. The summed E-state index contributed by atoms with van der Waals surface area (Å²) in [6.07, 6.45) is 1.28. The Kier molecular flexibility index (Phi) is 3.85. The SMILES string of the molecule is Cc1ccc(CN(C)C2CCNC2)c(C)c1C. The van der Waals surface area contributed by atoms with Crippen molar-refractivity contribution in [3.05, 3.63) is 34.4 Å². The lowest BCUT2D eigenvalue weighted by atomic mass is 9.98. The van der Waals surface area contributed by atoms with Crippen LogP contribution >= 0.6 is 0 Å². The molecule has 1 aromatic rings. The summed E-state index contributed by atoms with van der Waals surface area (Å²) in [5, 5.41) is 3.43. The van der Waals surface area contributed by atoms with Gasteiger partial charge in [0, 0.05) is 19.1 Å². The minimum Gasteiger partial charge on any atom is -0.315 e. The normalized spacial score (nSPS) is 20.2. The summed E-state index contributed by atoms with van der Waals surface area (Å²) in [7, 11) is 2.24. The third-order valence-electron chi connectivity index (χ3n) is 4.25. The van der Waals surface area contributed by atoms with Gasteiger partial charge in [-0.15, -0.1) is 0 Å². The first-order chi connectivity index (χ1) is 8.09. The molecule has 0 aromatic heterocycles. The van der Waals surface area contributed by atoms with E-state index in [2.05, 4.69) is 50.2 Å². The number of nitrogens with zero attached hydrogens (tertiary/aromatic N) is 1. The zero-order chi connectivity index (χ0) is 12.4. The summed E-state index contributed by atoms with van der Waals surface area (Å²) in [5.41, 5.74) is 5.78. The molecule has 1 aromatic carbocycles. The van der Waals surface area contributed by atoms with E-state index in [9.17, 15) is 0 Å². The van der Waals surface area contributed by atoms with Gasteiger partial charge >= 0.3 is 0 Å². The smallest absolute Gasteiger partial charge is 0.0236 e. The van der Waals surface area contributed by atoms with Crippen LogP contribution in [-0.4, -0.2) is 31.1 Å². The van der Waals surface area contributed by atoms with Gasteiger partial charge in [-0.2, -0.15) is 0 Å². The van der Waals surface area contributed by atoms with Crippen molar-refractivity contribution in [2.75, 3.05) is 20.1 Å². The van der Waals surface area contributed by atoms with Gasteiger partial charge < -0.3 is 5.32 Å². The van der Waals surface area contributed by atoms with Crippen molar-refractivity contribution >= 4 is 0 Å². The first-order valence-corrected chi connectivity index (χ1v) is 6.56. The Morgan fingerprint density at radius 1 is 1.24 bits per heavy atom. The Hall–Kier alpha value is -0.860. The molecule has 1 atom stereocenters. The lowest BCUT2D eigenvalue weighted by molar-refractivity contribution is 0.248. The summed E-state index contributed by atoms with van der Waals surface area (Å²) in [5.74, 6) is 0. The minimum absolute atomic E-state index is 0.705. The highest BCUT2D eigenvalue weighted by Crippen LogP contribution is 2.19. The molecule has 1 N–H and O–H groups in total. The molecular weight excluding hydrogens is 208 g/mol. The molecule has 1 aliphatic rings. The first kappa shape index (κ1) is 12.6. The molecule has 0 saturated carbocycles. The molecule has 2 rings (SSSR count). The highest BCUT2D eigenvalue weighted by atomic mass is 15.2. The Morgan fingerprint density at radius 3 is 2.65 bits per heavy atom. The second kappa shape index (κ2) is 5.19. The van der Waals surface area contributed by atoms with Crippen molar-refractivity contribution < 1.29 is 0 Å². The van der Waals surface area contributed by atoms with Crippen molar-refractivity contribution in [2.24, 2.45) is 0 Å². The van der Waals surface area contributed by atoms with E-state index in [4.69, 9.17) is 0 Å². The van der Waals surface area contributed by atoms with Gasteiger partial charge in [0.15, 0.2) is 0 Å². The summed E-state index contributed by atoms with van der Waals surface area (Å²) in [4.78, 5) is 2.48. The molecular formula is C15H24N2. The van der Waals surface area contributed by atoms with Gasteiger partial charge in [-0.3, -0.25) is 4.90 Å². The summed E-state index contributed by atoms with van der Waals surface area (Å²) < 4.78 is 0. The highest BCUT2D eigenvalue weighted by molar-refractivity contribution is 5.38. The standard InChI is InChI=1S/C15H24N2/c1-11-5-6-14(13(3)12(11)2)10-17(4)15-7-8-16-9-15/h5-6,15-16H,7-10H2,1-4H3. The molecule has 0 amide bonds. The van der Waals surface area contributed by atoms with Crippen LogP contribution in [0.2, 0.25) is 0 Å². The third kappa shape index (κ3) is 2.70. The average molecular weight is 232 g/mol. The van der Waals surface area contributed by atoms with Crippen LogP contribution in [0, 0.1) is 20.8 Å². The average Bonchev–Trinajstić information content (AvgIpc) is 2.83. The molecule has 0 aliphatic carbocycles. The van der Waals surface area contributed by atoms with E-state index in [1.165, 1.54) is 35.2 Å². The maximum absolute atomic E-state index is 3.43.